The quantitative estimate of drug-likeness (QED) is 0.0235. The maximum Gasteiger partial charge on any atom is 0.472 e. The number of unbranched alkanes of at least 4 members (excludes halogenated alkanes) is 20. The molecule has 0 aromatic rings. The van der Waals surface area contributed by atoms with Gasteiger partial charge in [0.1, 0.15) is 12.7 Å². The van der Waals surface area contributed by atoms with E-state index in [-0.39, 0.29) is 19.4 Å². The fraction of sp³-hybridized carbons (Fsp3) is 0.783. The van der Waals surface area contributed by atoms with Gasteiger partial charge in [-0.3, -0.25) is 18.6 Å². The van der Waals surface area contributed by atoms with Crippen LogP contribution in [0.3, 0.4) is 0 Å². The lowest BCUT2D eigenvalue weighted by Crippen LogP contribution is -2.29. The van der Waals surface area contributed by atoms with Crippen LogP contribution in [-0.4, -0.2) is 65.7 Å². The zero-order valence-electron chi connectivity index (χ0n) is 36.0. The summed E-state index contributed by atoms with van der Waals surface area (Å²) in [6.07, 6.45) is 45.0. The number of carbonyl (C=O) groups is 2. The van der Waals surface area contributed by atoms with Crippen molar-refractivity contribution in [3.05, 3.63) is 48.6 Å². The summed E-state index contributed by atoms with van der Waals surface area (Å²) < 4.78 is 32.7. The Balaban J connectivity index is 4.34. The Morgan fingerprint density at radius 1 is 0.526 bits per heavy atom. The molecule has 0 aliphatic carbocycles. The van der Waals surface area contributed by atoms with Crippen LogP contribution in [0, 0.1) is 0 Å². The Bertz CT molecular complexity index is 1090. The summed E-state index contributed by atoms with van der Waals surface area (Å²) in [4.78, 5) is 35.0. The summed E-state index contributed by atoms with van der Waals surface area (Å²) in [5.41, 5.74) is 0. The number of carbonyl (C=O) groups excluding carboxylic acids is 2. The number of esters is 2. The minimum Gasteiger partial charge on any atom is -0.462 e. The molecule has 0 amide bonds. The minimum absolute atomic E-state index is 0.147. The summed E-state index contributed by atoms with van der Waals surface area (Å²) in [6.45, 7) is 2.33. The van der Waals surface area contributed by atoms with Gasteiger partial charge in [-0.1, -0.05) is 172 Å². The molecule has 0 saturated carbocycles. The molecular weight excluding hydrogens is 743 g/mol. The highest BCUT2D eigenvalue weighted by Gasteiger charge is 2.27. The summed E-state index contributed by atoms with van der Waals surface area (Å²) in [7, 11) is -4.63. The van der Waals surface area contributed by atoms with Crippen LogP contribution in [0.5, 0.6) is 0 Å². The number of ether oxygens (including phenoxy) is 2. The third-order valence-corrected chi connectivity index (χ3v) is 10.4. The van der Waals surface area contributed by atoms with E-state index < -0.39 is 51.8 Å². The monoisotopic (exact) mass is 827 g/mol. The predicted octanol–water partition coefficient (Wildman–Crippen LogP) is 12.1. The predicted molar refractivity (Wildman–Crippen MR) is 233 cm³/mol. The maximum atomic E-state index is 12.6. The second kappa shape index (κ2) is 42.1. The highest BCUT2D eigenvalue weighted by atomic mass is 31.2. The molecule has 0 spiro atoms. The van der Waals surface area contributed by atoms with Crippen molar-refractivity contribution in [3.8, 4) is 0 Å². The van der Waals surface area contributed by atoms with Crippen molar-refractivity contribution in [3.63, 3.8) is 0 Å². The van der Waals surface area contributed by atoms with E-state index in [1.165, 1.54) is 96.3 Å². The SMILES string of the molecule is CCCCC/C=C\C/C=C\C/C=C\C/C=C\CCCCCC(=O)O[C@H](COC(=O)CCCCCCCCCCCCCCCCC)COP(=O)(O)OC[C@@H](O)CO. The van der Waals surface area contributed by atoms with Crippen LogP contribution in [0.2, 0.25) is 0 Å². The number of hydrogen-bond acceptors (Lipinski definition) is 9. The number of rotatable bonds is 42. The first-order valence-electron chi connectivity index (χ1n) is 22.6. The Morgan fingerprint density at radius 3 is 1.40 bits per heavy atom. The first-order valence-corrected chi connectivity index (χ1v) is 24.1. The van der Waals surface area contributed by atoms with Gasteiger partial charge in [-0.15, -0.1) is 0 Å². The number of hydrogen-bond donors (Lipinski definition) is 3. The van der Waals surface area contributed by atoms with Crippen LogP contribution < -0.4 is 0 Å². The van der Waals surface area contributed by atoms with Gasteiger partial charge >= 0.3 is 19.8 Å². The molecule has 3 N–H and O–H groups in total. The van der Waals surface area contributed by atoms with Crippen molar-refractivity contribution in [2.24, 2.45) is 0 Å². The third kappa shape index (κ3) is 41.9. The molecule has 1 unspecified atom stereocenters. The number of allylic oxidation sites excluding steroid dienone is 8. The van der Waals surface area contributed by atoms with Gasteiger partial charge in [0.15, 0.2) is 6.10 Å². The van der Waals surface area contributed by atoms with Crippen molar-refractivity contribution in [2.75, 3.05) is 26.4 Å². The Morgan fingerprint density at radius 2 is 0.912 bits per heavy atom. The molecule has 0 aromatic heterocycles. The molecule has 0 radical (unpaired) electrons. The Kier molecular flexibility index (Phi) is 40.5. The highest BCUT2D eigenvalue weighted by molar-refractivity contribution is 7.47. The lowest BCUT2D eigenvalue weighted by molar-refractivity contribution is -0.161. The van der Waals surface area contributed by atoms with Gasteiger partial charge in [0.25, 0.3) is 0 Å². The van der Waals surface area contributed by atoms with Crippen LogP contribution in [0.4, 0.5) is 0 Å². The topological polar surface area (TPSA) is 149 Å². The summed E-state index contributed by atoms with van der Waals surface area (Å²) in [5.74, 6) is -0.957. The van der Waals surface area contributed by atoms with Gasteiger partial charge < -0.3 is 24.6 Å². The average molecular weight is 827 g/mol. The zero-order chi connectivity index (χ0) is 41.9. The van der Waals surface area contributed by atoms with Crippen LogP contribution >= 0.6 is 7.82 Å². The molecule has 0 heterocycles. The molecule has 11 heteroatoms. The van der Waals surface area contributed by atoms with Gasteiger partial charge in [0, 0.05) is 12.8 Å². The van der Waals surface area contributed by atoms with E-state index in [1.54, 1.807) is 0 Å². The summed E-state index contributed by atoms with van der Waals surface area (Å²) in [6, 6.07) is 0. The van der Waals surface area contributed by atoms with E-state index in [2.05, 4.69) is 67.0 Å². The first-order chi connectivity index (χ1) is 27.7. The number of phosphoric ester groups is 1. The summed E-state index contributed by atoms with van der Waals surface area (Å²) >= 11 is 0. The van der Waals surface area contributed by atoms with Gasteiger partial charge in [-0.25, -0.2) is 4.57 Å². The van der Waals surface area contributed by atoms with Gasteiger partial charge in [0.05, 0.1) is 19.8 Å². The first kappa shape index (κ1) is 54.9. The Hall–Kier alpha value is -2.07. The van der Waals surface area contributed by atoms with Crippen LogP contribution in [0.15, 0.2) is 48.6 Å². The molecule has 0 aliphatic rings. The van der Waals surface area contributed by atoms with E-state index >= 15 is 0 Å². The van der Waals surface area contributed by atoms with Crippen molar-refractivity contribution < 1.29 is 47.8 Å². The van der Waals surface area contributed by atoms with Gasteiger partial charge in [-0.2, -0.15) is 0 Å². The Labute approximate surface area is 347 Å². The molecular formula is C46H83O10P. The fourth-order valence-corrected chi connectivity index (χ4v) is 6.77. The number of aliphatic hydroxyl groups is 2. The van der Waals surface area contributed by atoms with E-state index in [9.17, 15) is 24.2 Å². The van der Waals surface area contributed by atoms with Crippen molar-refractivity contribution in [2.45, 2.75) is 206 Å². The molecule has 57 heavy (non-hydrogen) atoms. The molecule has 0 aliphatic heterocycles. The smallest absolute Gasteiger partial charge is 0.462 e. The zero-order valence-corrected chi connectivity index (χ0v) is 36.9. The van der Waals surface area contributed by atoms with Gasteiger partial charge in [-0.05, 0) is 57.8 Å². The molecule has 0 fully saturated rings. The van der Waals surface area contributed by atoms with E-state index in [1.807, 2.05) is 0 Å². The molecule has 10 nitrogen and oxygen atoms in total. The lowest BCUT2D eigenvalue weighted by Gasteiger charge is -2.20. The van der Waals surface area contributed by atoms with Crippen LogP contribution in [0.25, 0.3) is 0 Å². The largest absolute Gasteiger partial charge is 0.472 e. The fourth-order valence-electron chi connectivity index (χ4n) is 5.98. The third-order valence-electron chi connectivity index (χ3n) is 9.49. The minimum atomic E-state index is -4.63. The second-order valence-electron chi connectivity index (χ2n) is 15.1. The molecule has 332 valence electrons. The van der Waals surface area contributed by atoms with E-state index in [4.69, 9.17) is 19.1 Å². The standard InChI is InChI=1S/C46H83O10P/c1-3-5-7-9-11-13-15-17-19-20-21-22-24-26-28-30-32-34-36-38-46(50)56-44(42-55-57(51,52)54-40-43(48)39-47)41-53-45(49)37-35-33-31-29-27-25-23-18-16-14-12-10-8-6-4-2/h11,13,17,19,21-22,26,28,43-44,47-48H,3-10,12,14-16,18,20,23-25,27,29-42H2,1-2H3,(H,51,52)/b13-11-,19-17-,22-21-,28-26-/t43-,44+/m0/s1. The highest BCUT2D eigenvalue weighted by Crippen LogP contribution is 2.43. The second-order valence-corrected chi connectivity index (χ2v) is 16.5. The normalized spacial score (nSPS) is 14.3. The number of phosphoric acid groups is 1. The van der Waals surface area contributed by atoms with E-state index in [0.29, 0.717) is 12.8 Å². The molecule has 0 rings (SSSR count). The maximum absolute atomic E-state index is 12.6. The van der Waals surface area contributed by atoms with Crippen molar-refractivity contribution in [1.82, 2.24) is 0 Å². The van der Waals surface area contributed by atoms with Crippen molar-refractivity contribution in [1.29, 1.82) is 0 Å². The number of aliphatic hydroxyl groups excluding tert-OH is 2. The van der Waals surface area contributed by atoms with Crippen LogP contribution in [0.1, 0.15) is 194 Å². The summed E-state index contributed by atoms with van der Waals surface area (Å²) in [5, 5.41) is 18.3. The molecule has 3 atom stereocenters. The van der Waals surface area contributed by atoms with E-state index in [0.717, 1.165) is 57.8 Å². The molecule has 0 bridgehead atoms. The van der Waals surface area contributed by atoms with Gasteiger partial charge in [0.2, 0.25) is 0 Å². The van der Waals surface area contributed by atoms with Crippen LogP contribution in [-0.2, 0) is 32.7 Å². The lowest BCUT2D eigenvalue weighted by atomic mass is 10.0. The molecule has 0 aromatic carbocycles. The molecule has 0 saturated heterocycles. The van der Waals surface area contributed by atoms with Crippen molar-refractivity contribution >= 4 is 19.8 Å². The average Bonchev–Trinajstić information content (AvgIpc) is 3.20.